The molecule has 10 aromatic carbocycles. The van der Waals surface area contributed by atoms with Crippen LogP contribution in [0.5, 0.6) is 0 Å². The molecule has 625 valence electrons. The Morgan fingerprint density at radius 2 is 0.209 bits per heavy atom. The topological polar surface area (TPSA) is 0 Å². The molecule has 5 radical (unpaired) electrons. The lowest BCUT2D eigenvalue weighted by Gasteiger charge is -2.05. The van der Waals surface area contributed by atoms with Crippen molar-refractivity contribution >= 4 is 63.1 Å². The number of hydrogen-bond donors (Lipinski definition) is 0. The van der Waals surface area contributed by atoms with E-state index in [0.29, 0.717) is 0 Å². The molecule has 0 aliphatic rings. The maximum absolute atomic E-state index is 5.12. The Bertz CT molecular complexity index is 3250. The molecule has 0 fully saturated rings. The zero-order valence-corrected chi connectivity index (χ0v) is 74.5. The van der Waals surface area contributed by atoms with Gasteiger partial charge in [0.05, 0.1) is 0 Å². The van der Waals surface area contributed by atoms with Gasteiger partial charge < -0.3 is 0 Å². The van der Waals surface area contributed by atoms with E-state index in [4.69, 9.17) is 63.1 Å². The van der Waals surface area contributed by atoms with Crippen molar-refractivity contribution in [3.05, 3.63) is 326 Å². The van der Waals surface area contributed by atoms with Gasteiger partial charge in [-0.15, -0.1) is 0 Å². The van der Waals surface area contributed by atoms with Gasteiger partial charge in [0, 0.05) is 24.5 Å². The molecule has 0 saturated heterocycles. The molecule has 10 rings (SSSR count). The molecule has 10 aromatic rings. The quantitative estimate of drug-likeness (QED) is 0.0264. The number of benzene rings is 10. The lowest BCUT2D eigenvalue weighted by Crippen LogP contribution is -1.92. The fourth-order valence-corrected chi connectivity index (χ4v) is 14.4. The van der Waals surface area contributed by atoms with Gasteiger partial charge >= 0.3 is 0 Å². The number of hydrogen-bond acceptors (Lipinski definition) is 0. The largest absolute Gasteiger partial charge is 0.269 e. The van der Waals surface area contributed by atoms with Crippen molar-refractivity contribution in [1.29, 1.82) is 0 Å². The summed E-state index contributed by atoms with van der Waals surface area (Å²) in [6, 6.07) is 87.7. The van der Waals surface area contributed by atoms with E-state index in [-0.39, 0.29) is 23.5 Å². The molecule has 0 nitrogen and oxygen atoms in total. The molecule has 0 aromatic heterocycles. The van der Waals surface area contributed by atoms with Crippen LogP contribution >= 0.6 is 63.1 Å². The van der Waals surface area contributed by atoms with E-state index in [1.165, 1.54) is 276 Å². The van der Waals surface area contributed by atoms with Crippen LogP contribution in [0.2, 0.25) is 0 Å². The molecule has 10 heteroatoms. The molecule has 0 bridgehead atoms. The first-order valence-corrected chi connectivity index (χ1v) is 45.1. The van der Waals surface area contributed by atoms with E-state index in [1.54, 1.807) is 0 Å². The maximum atomic E-state index is 5.12. The Balaban J connectivity index is 0.000000711. The molecule has 0 unspecified atom stereocenters. The SMILES string of the molecule is CCCCCCCc1ccc(CCc2ccc([S])cc2)cc1.CCCCCCCc1ccc(CCc2ccc([S])cc2)cc1.CCCCCCCc1ccc(CCc2ccc([S])cc2)cc1.CCCCCCCc1ccc(CCc2ccc([S])cc2)cc1.CCCCCCCc1ccc(CCc2ccc([S])cc2)cc1.F.F.F.F.F. The molecule has 0 atom stereocenters. The highest BCUT2D eigenvalue weighted by molar-refractivity contribution is 7.81. The summed E-state index contributed by atoms with van der Waals surface area (Å²) < 4.78 is 0. The van der Waals surface area contributed by atoms with Crippen molar-refractivity contribution in [2.24, 2.45) is 0 Å². The van der Waals surface area contributed by atoms with E-state index >= 15 is 0 Å². The van der Waals surface area contributed by atoms with Crippen molar-refractivity contribution in [2.45, 2.75) is 316 Å². The van der Waals surface area contributed by atoms with E-state index in [2.05, 4.69) is 217 Å². The van der Waals surface area contributed by atoms with Gasteiger partial charge in [0.1, 0.15) is 0 Å². The van der Waals surface area contributed by atoms with Crippen LogP contribution in [0.15, 0.2) is 267 Å². The molecule has 0 aliphatic carbocycles. The zero-order chi connectivity index (χ0) is 78.1. The minimum Gasteiger partial charge on any atom is -0.269 e. The Kier molecular flexibility index (Phi) is 62.6. The highest BCUT2D eigenvalue weighted by Gasteiger charge is 2.06. The number of rotatable bonds is 45. The summed E-state index contributed by atoms with van der Waals surface area (Å²) in [4.78, 5) is 4.62. The monoisotopic (exact) mass is 1660 g/mol. The molecule has 0 N–H and O–H groups in total. The molecule has 0 aliphatic heterocycles. The number of unbranched alkanes of at least 4 members (excludes halogenated alkanes) is 20. The molecule has 0 heterocycles. The molecule has 0 saturated carbocycles. The molecular formula is C105H140F5S5. The molecule has 0 amide bonds. The highest BCUT2D eigenvalue weighted by atomic mass is 32.1. The van der Waals surface area contributed by atoms with Crippen LogP contribution in [0.25, 0.3) is 0 Å². The molecule has 115 heavy (non-hydrogen) atoms. The van der Waals surface area contributed by atoms with Gasteiger partial charge in [0.2, 0.25) is 0 Å². The van der Waals surface area contributed by atoms with Crippen LogP contribution in [-0.4, -0.2) is 0 Å². The predicted molar refractivity (Wildman–Crippen MR) is 506 cm³/mol. The fraction of sp³-hybridized carbons (Fsp3) is 0.429. The number of aryl methyl sites for hydroxylation is 15. The van der Waals surface area contributed by atoms with Crippen LogP contribution in [0.4, 0.5) is 23.5 Å². The van der Waals surface area contributed by atoms with Crippen LogP contribution < -0.4 is 0 Å². The van der Waals surface area contributed by atoms with Gasteiger partial charge in [-0.1, -0.05) is 408 Å². The average molecular weight is 1660 g/mol. The van der Waals surface area contributed by atoms with E-state index in [9.17, 15) is 0 Å². The first-order chi connectivity index (χ1) is 53.9. The van der Waals surface area contributed by atoms with Crippen molar-refractivity contribution in [1.82, 2.24) is 0 Å². The minimum absolute atomic E-state index is 0. The fourth-order valence-electron chi connectivity index (χ4n) is 13.8. The standard InChI is InChI=1S/5C21H27S.5FH/c5*1-2-3-4-5-6-7-18-8-10-19(11-9-18)12-13-20-14-16-21(22)17-15-20;;;;;/h5*8-11,14-17H,2-7,12-13H2,1H3;5*1H. The Morgan fingerprint density at radius 1 is 0.122 bits per heavy atom. The summed E-state index contributed by atoms with van der Waals surface area (Å²) >= 11 is 25.6. The third kappa shape index (κ3) is 50.4. The third-order valence-electron chi connectivity index (χ3n) is 21.1. The summed E-state index contributed by atoms with van der Waals surface area (Å²) in [5.41, 5.74) is 21.4. The Labute approximate surface area is 723 Å². The first-order valence-electron chi connectivity index (χ1n) is 43.1. The van der Waals surface area contributed by atoms with E-state index < -0.39 is 0 Å². The highest BCUT2D eigenvalue weighted by Crippen LogP contribution is 2.22. The second kappa shape index (κ2) is 67.9. The van der Waals surface area contributed by atoms with Gasteiger partial charge in [-0.05, 0) is 273 Å². The normalized spacial score (nSPS) is 10.3. The van der Waals surface area contributed by atoms with Crippen molar-refractivity contribution in [3.8, 4) is 0 Å². The zero-order valence-electron chi connectivity index (χ0n) is 70.5. The van der Waals surface area contributed by atoms with Crippen LogP contribution in [0, 0.1) is 0 Å². The second-order valence-corrected chi connectivity index (χ2v) is 33.0. The minimum atomic E-state index is 0. The van der Waals surface area contributed by atoms with Crippen LogP contribution in [-0.2, 0) is 96.3 Å². The summed E-state index contributed by atoms with van der Waals surface area (Å²) in [5.74, 6) is 0. The van der Waals surface area contributed by atoms with Crippen LogP contribution in [0.1, 0.15) is 279 Å². The van der Waals surface area contributed by atoms with Gasteiger partial charge in [0.25, 0.3) is 0 Å². The average Bonchev–Trinajstić information content (AvgIpc) is 0.912. The first kappa shape index (κ1) is 106. The maximum Gasteiger partial charge on any atom is 0.0377 e. The van der Waals surface area contributed by atoms with Gasteiger partial charge in [-0.3, -0.25) is 23.5 Å². The Morgan fingerprint density at radius 3 is 0.313 bits per heavy atom. The third-order valence-corrected chi connectivity index (χ3v) is 22.4. The van der Waals surface area contributed by atoms with Gasteiger partial charge in [0.15, 0.2) is 0 Å². The van der Waals surface area contributed by atoms with Gasteiger partial charge in [-0.25, -0.2) is 0 Å². The summed E-state index contributed by atoms with van der Waals surface area (Å²) in [5, 5.41) is 0. The van der Waals surface area contributed by atoms with Crippen molar-refractivity contribution in [2.75, 3.05) is 0 Å². The lowest BCUT2D eigenvalue weighted by molar-refractivity contribution is 0.632. The summed E-state index contributed by atoms with van der Waals surface area (Å²) in [6.07, 6.45) is 51.0. The van der Waals surface area contributed by atoms with E-state index in [1.807, 2.05) is 60.7 Å². The van der Waals surface area contributed by atoms with Crippen molar-refractivity contribution in [3.63, 3.8) is 0 Å². The lowest BCUT2D eigenvalue weighted by atomic mass is 10.0. The van der Waals surface area contributed by atoms with Crippen molar-refractivity contribution < 1.29 is 23.5 Å². The smallest absolute Gasteiger partial charge is 0.0377 e. The summed E-state index contributed by atoms with van der Waals surface area (Å²) in [6.45, 7) is 11.3. The van der Waals surface area contributed by atoms with Gasteiger partial charge in [-0.2, -0.15) is 0 Å². The Hall–Kier alpha value is -7.05. The second-order valence-electron chi connectivity index (χ2n) is 30.6. The molecule has 0 spiro atoms. The van der Waals surface area contributed by atoms with Crippen LogP contribution in [0.3, 0.4) is 0 Å². The number of halogens is 5. The predicted octanol–water partition coefficient (Wildman–Crippen LogP) is 33.5. The molecular weight excluding hydrogens is 1520 g/mol. The summed E-state index contributed by atoms with van der Waals surface area (Å²) in [7, 11) is 0. The van der Waals surface area contributed by atoms with E-state index in [0.717, 1.165) is 88.7 Å².